The van der Waals surface area contributed by atoms with E-state index in [2.05, 4.69) is 77.4 Å². The number of fused-ring (bicyclic) bond motifs is 9. The third-order valence-corrected chi connectivity index (χ3v) is 10.3. The molecule has 0 bridgehead atoms. The minimum atomic E-state index is -0.152. The van der Waals surface area contributed by atoms with Gasteiger partial charge in [-0.3, -0.25) is 9.13 Å². The van der Waals surface area contributed by atoms with Gasteiger partial charge in [0.25, 0.3) is 0 Å². The summed E-state index contributed by atoms with van der Waals surface area (Å²) in [7, 11) is 0. The minimum Gasteiger partial charge on any atom is -0.278 e. The van der Waals surface area contributed by atoms with Gasteiger partial charge in [0.15, 0.2) is 5.65 Å². The van der Waals surface area contributed by atoms with Crippen molar-refractivity contribution in [3.63, 3.8) is 0 Å². The Labute approximate surface area is 302 Å². The van der Waals surface area contributed by atoms with E-state index in [1.54, 1.807) is 8.97 Å². The van der Waals surface area contributed by atoms with Gasteiger partial charge in [0.2, 0.25) is 5.95 Å². The molecule has 0 spiro atoms. The Morgan fingerprint density at radius 2 is 1.00 bits per heavy atom. The highest BCUT2D eigenvalue weighted by atomic mass is 16.1. The molecule has 7 aromatic carbocycles. The van der Waals surface area contributed by atoms with E-state index < -0.39 is 0 Å². The zero-order valence-electron chi connectivity index (χ0n) is 28.3. The molecule has 0 amide bonds. The van der Waals surface area contributed by atoms with Gasteiger partial charge in [-0.15, -0.1) is 0 Å². The lowest BCUT2D eigenvalue weighted by Gasteiger charge is -2.12. The molecule has 7 nitrogen and oxygen atoms in total. The fourth-order valence-electron chi connectivity index (χ4n) is 7.87. The van der Waals surface area contributed by atoms with Crippen LogP contribution in [0.4, 0.5) is 0 Å². The van der Waals surface area contributed by atoms with E-state index in [4.69, 9.17) is 15.0 Å². The molecule has 0 saturated heterocycles. The zero-order chi connectivity index (χ0) is 35.0. The number of imidazole rings is 1. The fraction of sp³-hybridized carbons (Fsp3) is 0. The van der Waals surface area contributed by atoms with Crippen molar-refractivity contribution >= 4 is 60.3 Å². The van der Waals surface area contributed by atoms with Gasteiger partial charge in [0.1, 0.15) is 0 Å². The standard InChI is InChI=1S/C46H28N6O/c53-46-50(32-15-5-2-6-16-32)40-22-12-9-19-35(40)44-47-38-28-31(24-26-42(38)52(44)46)30-23-25-41-36(27-30)33-17-8-11-21-39(33)51(41)45-48-37-20-10-7-18-34(37)43(49-45)29-13-3-1-4-14-29/h1-28H. The number of aromatic nitrogens is 6. The van der Waals surface area contributed by atoms with Crippen LogP contribution in [0.2, 0.25) is 0 Å². The molecular formula is C46H28N6O. The molecule has 4 aromatic heterocycles. The first-order chi connectivity index (χ1) is 26.2. The molecule has 4 heterocycles. The molecule has 0 fully saturated rings. The molecule has 0 aliphatic rings. The van der Waals surface area contributed by atoms with Crippen molar-refractivity contribution < 1.29 is 0 Å². The van der Waals surface area contributed by atoms with E-state index in [0.717, 1.165) is 82.7 Å². The van der Waals surface area contributed by atoms with E-state index in [1.165, 1.54) is 0 Å². The van der Waals surface area contributed by atoms with Crippen LogP contribution in [0.5, 0.6) is 0 Å². The SMILES string of the molecule is O=c1n(-c2ccccc2)c2ccccc2c2nc3cc(-c4ccc5c(c4)c4ccccc4n5-c4nc(-c5ccccc5)c5ccccc5n4)ccc3n12. The first-order valence-electron chi connectivity index (χ1n) is 17.6. The molecule has 0 N–H and O–H groups in total. The largest absolute Gasteiger partial charge is 0.339 e. The molecule has 0 radical (unpaired) electrons. The number of para-hydroxylation sites is 4. The van der Waals surface area contributed by atoms with Crippen molar-refractivity contribution in [1.82, 2.24) is 28.5 Å². The lowest BCUT2D eigenvalue weighted by atomic mass is 10.0. The second-order valence-corrected chi connectivity index (χ2v) is 13.3. The first kappa shape index (κ1) is 29.4. The van der Waals surface area contributed by atoms with Crippen molar-refractivity contribution in [2.75, 3.05) is 0 Å². The predicted molar refractivity (Wildman–Crippen MR) is 214 cm³/mol. The van der Waals surface area contributed by atoms with Crippen molar-refractivity contribution in [2.45, 2.75) is 0 Å². The third kappa shape index (κ3) is 4.41. The average molecular weight is 681 g/mol. The minimum absolute atomic E-state index is 0.152. The van der Waals surface area contributed by atoms with Crippen molar-refractivity contribution in [3.05, 3.63) is 180 Å². The van der Waals surface area contributed by atoms with Gasteiger partial charge < -0.3 is 0 Å². The molecule has 11 rings (SSSR count). The summed E-state index contributed by atoms with van der Waals surface area (Å²) < 4.78 is 5.67. The fourth-order valence-corrected chi connectivity index (χ4v) is 7.87. The Bertz CT molecular complexity index is 3310. The quantitative estimate of drug-likeness (QED) is 0.186. The summed E-state index contributed by atoms with van der Waals surface area (Å²) in [6, 6.07) is 57.3. The summed E-state index contributed by atoms with van der Waals surface area (Å²) in [6.07, 6.45) is 0. The molecule has 7 heteroatoms. The number of hydrogen-bond acceptors (Lipinski definition) is 4. The Morgan fingerprint density at radius 3 is 1.79 bits per heavy atom. The van der Waals surface area contributed by atoms with Gasteiger partial charge in [0.05, 0.1) is 44.5 Å². The summed E-state index contributed by atoms with van der Waals surface area (Å²) in [4.78, 5) is 29.6. The van der Waals surface area contributed by atoms with Gasteiger partial charge in [-0.1, -0.05) is 109 Å². The maximum Gasteiger partial charge on any atom is 0.339 e. The Hall–Kier alpha value is -7.38. The first-order valence-corrected chi connectivity index (χ1v) is 17.6. The molecule has 0 unspecified atom stereocenters. The zero-order valence-corrected chi connectivity index (χ0v) is 28.3. The summed E-state index contributed by atoms with van der Waals surface area (Å²) in [5, 5.41) is 4.14. The molecular weight excluding hydrogens is 653 g/mol. The summed E-state index contributed by atoms with van der Waals surface area (Å²) in [5.41, 5.74) is 10.6. The van der Waals surface area contributed by atoms with Crippen LogP contribution >= 0.6 is 0 Å². The highest BCUT2D eigenvalue weighted by Crippen LogP contribution is 2.36. The van der Waals surface area contributed by atoms with Crippen LogP contribution in [0.3, 0.4) is 0 Å². The van der Waals surface area contributed by atoms with Crippen LogP contribution in [-0.4, -0.2) is 28.5 Å². The number of benzene rings is 7. The Kier molecular flexibility index (Phi) is 6.27. The second kappa shape index (κ2) is 11.3. The summed E-state index contributed by atoms with van der Waals surface area (Å²) >= 11 is 0. The predicted octanol–water partition coefficient (Wildman–Crippen LogP) is 10.2. The van der Waals surface area contributed by atoms with E-state index in [9.17, 15) is 4.79 Å². The van der Waals surface area contributed by atoms with Crippen LogP contribution < -0.4 is 5.69 Å². The number of rotatable bonds is 4. The van der Waals surface area contributed by atoms with E-state index in [-0.39, 0.29) is 5.69 Å². The average Bonchev–Trinajstić information content (AvgIpc) is 3.77. The van der Waals surface area contributed by atoms with E-state index in [1.807, 2.05) is 97.1 Å². The van der Waals surface area contributed by atoms with Gasteiger partial charge in [-0.25, -0.2) is 24.1 Å². The van der Waals surface area contributed by atoms with Crippen LogP contribution in [-0.2, 0) is 0 Å². The normalized spacial score (nSPS) is 11.8. The van der Waals surface area contributed by atoms with E-state index in [0.29, 0.717) is 11.6 Å². The summed E-state index contributed by atoms with van der Waals surface area (Å²) in [6.45, 7) is 0. The molecule has 0 saturated carbocycles. The highest BCUT2D eigenvalue weighted by Gasteiger charge is 2.20. The monoisotopic (exact) mass is 680 g/mol. The Morgan fingerprint density at radius 1 is 0.396 bits per heavy atom. The Balaban J connectivity index is 1.10. The van der Waals surface area contributed by atoms with Crippen molar-refractivity contribution in [2.24, 2.45) is 0 Å². The topological polar surface area (TPSA) is 70.0 Å². The smallest absolute Gasteiger partial charge is 0.278 e. The maximum absolute atomic E-state index is 14.2. The molecule has 0 aliphatic heterocycles. The summed E-state index contributed by atoms with van der Waals surface area (Å²) in [5.74, 6) is 0.626. The van der Waals surface area contributed by atoms with Crippen LogP contribution in [0, 0.1) is 0 Å². The van der Waals surface area contributed by atoms with Crippen molar-refractivity contribution in [3.8, 4) is 34.0 Å². The van der Waals surface area contributed by atoms with E-state index >= 15 is 0 Å². The lowest BCUT2D eigenvalue weighted by molar-refractivity contribution is 0.932. The van der Waals surface area contributed by atoms with Gasteiger partial charge in [0, 0.05) is 27.1 Å². The lowest BCUT2D eigenvalue weighted by Crippen LogP contribution is -2.25. The van der Waals surface area contributed by atoms with Crippen LogP contribution in [0.1, 0.15) is 0 Å². The molecule has 248 valence electrons. The van der Waals surface area contributed by atoms with Gasteiger partial charge >= 0.3 is 5.69 Å². The molecule has 0 atom stereocenters. The third-order valence-electron chi connectivity index (χ3n) is 10.3. The van der Waals surface area contributed by atoms with Crippen molar-refractivity contribution in [1.29, 1.82) is 0 Å². The van der Waals surface area contributed by atoms with Gasteiger partial charge in [-0.05, 0) is 71.8 Å². The molecule has 53 heavy (non-hydrogen) atoms. The van der Waals surface area contributed by atoms with Crippen LogP contribution in [0.25, 0.3) is 94.3 Å². The number of hydrogen-bond donors (Lipinski definition) is 0. The highest BCUT2D eigenvalue weighted by molar-refractivity contribution is 6.10. The number of nitrogens with zero attached hydrogens (tertiary/aromatic N) is 6. The molecule has 11 aromatic rings. The maximum atomic E-state index is 14.2. The van der Waals surface area contributed by atoms with Gasteiger partial charge in [-0.2, -0.15) is 0 Å². The second-order valence-electron chi connectivity index (χ2n) is 13.3. The van der Waals surface area contributed by atoms with Crippen LogP contribution in [0.15, 0.2) is 175 Å². The molecule has 0 aliphatic carbocycles.